The molecule has 0 aliphatic rings. The highest BCUT2D eigenvalue weighted by molar-refractivity contribution is 7.11. The Morgan fingerprint density at radius 3 is 2.70 bits per heavy atom. The predicted octanol–water partition coefficient (Wildman–Crippen LogP) is 3.24. The second kappa shape index (κ2) is 6.22. The topological polar surface area (TPSA) is 46.9 Å². The van der Waals surface area contributed by atoms with Gasteiger partial charge >= 0.3 is 0 Å². The first-order valence-electron chi connectivity index (χ1n) is 6.86. The Morgan fingerprint density at radius 1 is 1.35 bits per heavy atom. The molecule has 0 saturated carbocycles. The SMILES string of the molecule is Cc1ccc(CC(C)Nc2nccn(C(C)C)c2=O)s1. The summed E-state index contributed by atoms with van der Waals surface area (Å²) >= 11 is 1.80. The van der Waals surface area contributed by atoms with Gasteiger partial charge in [-0.2, -0.15) is 0 Å². The van der Waals surface area contributed by atoms with Crippen LogP contribution in [0.15, 0.2) is 29.3 Å². The standard InChI is InChI=1S/C15H21N3OS/c1-10(2)18-8-7-16-14(15(18)19)17-11(3)9-13-6-5-12(4)20-13/h5-8,10-11H,9H2,1-4H3,(H,16,17). The first kappa shape index (κ1) is 14.8. The number of aromatic nitrogens is 2. The smallest absolute Gasteiger partial charge is 0.293 e. The Morgan fingerprint density at radius 2 is 2.10 bits per heavy atom. The summed E-state index contributed by atoms with van der Waals surface area (Å²) in [6.45, 7) is 8.15. The molecule has 0 bridgehead atoms. The third-order valence-corrected chi connectivity index (χ3v) is 4.13. The van der Waals surface area contributed by atoms with E-state index in [-0.39, 0.29) is 17.6 Å². The molecule has 2 aromatic rings. The highest BCUT2D eigenvalue weighted by Gasteiger charge is 2.11. The molecular formula is C15H21N3OS. The van der Waals surface area contributed by atoms with E-state index in [1.807, 2.05) is 13.8 Å². The molecule has 0 aliphatic carbocycles. The molecular weight excluding hydrogens is 270 g/mol. The number of aryl methyl sites for hydroxylation is 1. The maximum atomic E-state index is 12.2. The number of hydrogen-bond acceptors (Lipinski definition) is 4. The van der Waals surface area contributed by atoms with Gasteiger partial charge in [0.15, 0.2) is 5.82 Å². The molecule has 108 valence electrons. The summed E-state index contributed by atoms with van der Waals surface area (Å²) in [5.74, 6) is 0.432. The summed E-state index contributed by atoms with van der Waals surface area (Å²) in [5.41, 5.74) is -0.0586. The lowest BCUT2D eigenvalue weighted by atomic mass is 10.2. The Bertz CT molecular complexity index is 630. The van der Waals surface area contributed by atoms with Crippen molar-refractivity contribution in [3.8, 4) is 0 Å². The molecule has 2 heterocycles. The minimum absolute atomic E-state index is 0.0586. The Kier molecular flexibility index (Phi) is 4.60. The molecule has 5 heteroatoms. The van der Waals surface area contributed by atoms with Crippen molar-refractivity contribution in [2.45, 2.75) is 46.2 Å². The monoisotopic (exact) mass is 291 g/mol. The van der Waals surface area contributed by atoms with E-state index in [2.05, 4.69) is 36.3 Å². The van der Waals surface area contributed by atoms with Gasteiger partial charge in [-0.1, -0.05) is 0 Å². The van der Waals surface area contributed by atoms with Crippen LogP contribution in [0, 0.1) is 6.92 Å². The lowest BCUT2D eigenvalue weighted by Gasteiger charge is -2.15. The van der Waals surface area contributed by atoms with Crippen molar-refractivity contribution in [3.05, 3.63) is 44.6 Å². The van der Waals surface area contributed by atoms with Crippen LogP contribution < -0.4 is 10.9 Å². The van der Waals surface area contributed by atoms with Crippen molar-refractivity contribution in [1.29, 1.82) is 0 Å². The van der Waals surface area contributed by atoms with E-state index >= 15 is 0 Å². The van der Waals surface area contributed by atoms with Gasteiger partial charge in [-0.3, -0.25) is 4.79 Å². The summed E-state index contributed by atoms with van der Waals surface area (Å²) < 4.78 is 1.69. The second-order valence-electron chi connectivity index (χ2n) is 5.34. The maximum absolute atomic E-state index is 12.2. The number of nitrogens with one attached hydrogen (secondary N) is 1. The van der Waals surface area contributed by atoms with Crippen molar-refractivity contribution in [2.24, 2.45) is 0 Å². The third-order valence-electron chi connectivity index (χ3n) is 3.11. The molecule has 0 spiro atoms. The van der Waals surface area contributed by atoms with Crippen LogP contribution in [0.2, 0.25) is 0 Å². The number of hydrogen-bond donors (Lipinski definition) is 1. The van der Waals surface area contributed by atoms with Crippen LogP contribution >= 0.6 is 11.3 Å². The third kappa shape index (κ3) is 3.48. The molecule has 0 aliphatic heterocycles. The van der Waals surface area contributed by atoms with Gasteiger partial charge in [0.25, 0.3) is 5.56 Å². The minimum Gasteiger partial charge on any atom is -0.363 e. The van der Waals surface area contributed by atoms with Gasteiger partial charge in [0.05, 0.1) is 0 Å². The molecule has 2 aromatic heterocycles. The molecule has 4 nitrogen and oxygen atoms in total. The van der Waals surface area contributed by atoms with Gasteiger partial charge in [-0.15, -0.1) is 11.3 Å². The minimum atomic E-state index is -0.0586. The molecule has 1 atom stereocenters. The van der Waals surface area contributed by atoms with Crippen molar-refractivity contribution < 1.29 is 0 Å². The van der Waals surface area contributed by atoms with Crippen LogP contribution in [0.4, 0.5) is 5.82 Å². The lowest BCUT2D eigenvalue weighted by Crippen LogP contribution is -2.29. The van der Waals surface area contributed by atoms with Crippen molar-refractivity contribution in [2.75, 3.05) is 5.32 Å². The molecule has 0 amide bonds. The summed E-state index contributed by atoms with van der Waals surface area (Å²) in [6.07, 6.45) is 4.30. The zero-order chi connectivity index (χ0) is 14.7. The van der Waals surface area contributed by atoms with E-state index in [1.165, 1.54) is 9.75 Å². The van der Waals surface area contributed by atoms with Gasteiger partial charge in [0, 0.05) is 40.7 Å². The number of thiophene rings is 1. The van der Waals surface area contributed by atoms with Crippen LogP contribution in [0.25, 0.3) is 0 Å². The molecule has 0 fully saturated rings. The fourth-order valence-electron chi connectivity index (χ4n) is 2.11. The van der Waals surface area contributed by atoms with E-state index in [4.69, 9.17) is 0 Å². The summed E-state index contributed by atoms with van der Waals surface area (Å²) in [6, 6.07) is 4.58. The normalized spacial score (nSPS) is 12.7. The zero-order valence-corrected chi connectivity index (χ0v) is 13.2. The Labute approximate surface area is 123 Å². The molecule has 1 N–H and O–H groups in total. The largest absolute Gasteiger partial charge is 0.363 e. The average molecular weight is 291 g/mol. The molecule has 0 radical (unpaired) electrons. The second-order valence-corrected chi connectivity index (χ2v) is 6.72. The van der Waals surface area contributed by atoms with Crippen LogP contribution in [0.1, 0.15) is 36.6 Å². The first-order valence-corrected chi connectivity index (χ1v) is 7.68. The first-order chi connectivity index (χ1) is 9.47. The van der Waals surface area contributed by atoms with Gasteiger partial charge < -0.3 is 9.88 Å². The summed E-state index contributed by atoms with van der Waals surface area (Å²) in [7, 11) is 0. The van der Waals surface area contributed by atoms with E-state index in [0.29, 0.717) is 5.82 Å². The fourth-order valence-corrected chi connectivity index (χ4v) is 3.13. The highest BCUT2D eigenvalue weighted by atomic mass is 32.1. The lowest BCUT2D eigenvalue weighted by molar-refractivity contribution is 0.574. The summed E-state index contributed by atoms with van der Waals surface area (Å²) in [5, 5.41) is 3.23. The maximum Gasteiger partial charge on any atom is 0.293 e. The quantitative estimate of drug-likeness (QED) is 0.920. The van der Waals surface area contributed by atoms with Gasteiger partial charge in [0.2, 0.25) is 0 Å². The molecule has 0 saturated heterocycles. The highest BCUT2D eigenvalue weighted by Crippen LogP contribution is 2.17. The van der Waals surface area contributed by atoms with Crippen LogP contribution in [0.3, 0.4) is 0 Å². The Balaban J connectivity index is 2.10. The predicted molar refractivity (Wildman–Crippen MR) is 84.7 cm³/mol. The number of nitrogens with zero attached hydrogens (tertiary/aromatic N) is 2. The van der Waals surface area contributed by atoms with E-state index in [0.717, 1.165) is 6.42 Å². The molecule has 2 rings (SSSR count). The van der Waals surface area contributed by atoms with Crippen LogP contribution in [-0.2, 0) is 6.42 Å². The Hall–Kier alpha value is -1.62. The number of anilines is 1. The van der Waals surface area contributed by atoms with Crippen LogP contribution in [0.5, 0.6) is 0 Å². The zero-order valence-electron chi connectivity index (χ0n) is 12.4. The van der Waals surface area contributed by atoms with E-state index in [9.17, 15) is 4.79 Å². The summed E-state index contributed by atoms with van der Waals surface area (Å²) in [4.78, 5) is 19.0. The van der Waals surface area contributed by atoms with Crippen molar-refractivity contribution >= 4 is 17.2 Å². The van der Waals surface area contributed by atoms with Crippen LogP contribution in [-0.4, -0.2) is 15.6 Å². The van der Waals surface area contributed by atoms with E-state index in [1.54, 1.807) is 28.3 Å². The molecule has 1 unspecified atom stereocenters. The van der Waals surface area contributed by atoms with Gasteiger partial charge in [-0.25, -0.2) is 4.98 Å². The molecule has 20 heavy (non-hydrogen) atoms. The fraction of sp³-hybridized carbons (Fsp3) is 0.467. The van der Waals surface area contributed by atoms with Crippen molar-refractivity contribution in [3.63, 3.8) is 0 Å². The van der Waals surface area contributed by atoms with Gasteiger partial charge in [0.1, 0.15) is 0 Å². The van der Waals surface area contributed by atoms with Gasteiger partial charge in [-0.05, 0) is 39.8 Å². The number of rotatable bonds is 5. The van der Waals surface area contributed by atoms with Crippen molar-refractivity contribution in [1.82, 2.24) is 9.55 Å². The molecule has 0 aromatic carbocycles. The van der Waals surface area contributed by atoms with E-state index < -0.39 is 0 Å². The average Bonchev–Trinajstić information content (AvgIpc) is 2.77.